The molecule has 0 saturated carbocycles. The van der Waals surface area contributed by atoms with E-state index in [9.17, 15) is 4.79 Å². The fraction of sp³-hybridized carbons (Fsp3) is 0.167. The van der Waals surface area contributed by atoms with E-state index < -0.39 is 12.1 Å². The van der Waals surface area contributed by atoms with Crippen molar-refractivity contribution in [2.24, 2.45) is 0 Å². The van der Waals surface area contributed by atoms with Crippen LogP contribution in [0.25, 0.3) is 10.9 Å². The molecule has 5 heteroatoms. The first-order valence-corrected chi connectivity index (χ1v) is 5.40. The van der Waals surface area contributed by atoms with Crippen molar-refractivity contribution in [3.63, 3.8) is 0 Å². The van der Waals surface area contributed by atoms with Crippen molar-refractivity contribution in [3.05, 3.63) is 35.5 Å². The molecule has 1 atom stereocenters. The van der Waals surface area contributed by atoms with Gasteiger partial charge in [0.25, 0.3) is 0 Å². The van der Waals surface area contributed by atoms with Crippen LogP contribution in [0.1, 0.15) is 6.92 Å². The van der Waals surface area contributed by atoms with Gasteiger partial charge in [-0.1, -0.05) is 17.7 Å². The third-order valence-electron chi connectivity index (χ3n) is 2.31. The second-order valence-corrected chi connectivity index (χ2v) is 3.94. The van der Waals surface area contributed by atoms with Gasteiger partial charge in [0.15, 0.2) is 6.10 Å². The third kappa shape index (κ3) is 2.47. The molecule has 0 aliphatic heterocycles. The van der Waals surface area contributed by atoms with Crippen LogP contribution in [0.3, 0.4) is 0 Å². The van der Waals surface area contributed by atoms with Gasteiger partial charge in [0, 0.05) is 5.39 Å². The summed E-state index contributed by atoms with van der Waals surface area (Å²) in [7, 11) is 0. The molecule has 17 heavy (non-hydrogen) atoms. The number of aliphatic carboxylic acids is 1. The average Bonchev–Trinajstić information content (AvgIpc) is 2.28. The van der Waals surface area contributed by atoms with E-state index in [-0.39, 0.29) is 0 Å². The van der Waals surface area contributed by atoms with Gasteiger partial charge in [-0.3, -0.25) is 0 Å². The normalized spacial score (nSPS) is 12.4. The van der Waals surface area contributed by atoms with E-state index in [1.165, 1.54) is 6.92 Å². The van der Waals surface area contributed by atoms with Gasteiger partial charge in [-0.15, -0.1) is 0 Å². The Balaban J connectivity index is 2.44. The van der Waals surface area contributed by atoms with Crippen LogP contribution >= 0.6 is 11.6 Å². The summed E-state index contributed by atoms with van der Waals surface area (Å²) >= 11 is 5.78. The number of carbonyl (C=O) groups is 1. The minimum atomic E-state index is -1.01. The number of carboxylic acids is 1. The Morgan fingerprint density at radius 3 is 2.88 bits per heavy atom. The number of aromatic nitrogens is 1. The van der Waals surface area contributed by atoms with Gasteiger partial charge in [0.1, 0.15) is 10.9 Å². The molecule has 0 bridgehead atoms. The van der Waals surface area contributed by atoms with Gasteiger partial charge in [0.05, 0.1) is 5.52 Å². The number of carboxylic acid groups (broad SMARTS) is 1. The van der Waals surface area contributed by atoms with Crippen molar-refractivity contribution < 1.29 is 14.6 Å². The van der Waals surface area contributed by atoms with Crippen LogP contribution in [0.4, 0.5) is 0 Å². The second kappa shape index (κ2) is 4.59. The maximum atomic E-state index is 10.7. The summed E-state index contributed by atoms with van der Waals surface area (Å²) in [6, 6.07) is 8.64. The Labute approximate surface area is 103 Å². The van der Waals surface area contributed by atoms with Gasteiger partial charge < -0.3 is 9.84 Å². The average molecular weight is 252 g/mol. The number of fused-ring (bicyclic) bond motifs is 1. The largest absolute Gasteiger partial charge is 0.479 e. The van der Waals surface area contributed by atoms with Crippen molar-refractivity contribution in [1.82, 2.24) is 4.98 Å². The Hall–Kier alpha value is -1.81. The van der Waals surface area contributed by atoms with Gasteiger partial charge in [0.2, 0.25) is 0 Å². The van der Waals surface area contributed by atoms with E-state index in [4.69, 9.17) is 21.4 Å². The van der Waals surface area contributed by atoms with E-state index in [1.54, 1.807) is 30.3 Å². The number of benzene rings is 1. The smallest absolute Gasteiger partial charge is 0.344 e. The molecule has 0 spiro atoms. The lowest BCUT2D eigenvalue weighted by Crippen LogP contribution is -2.22. The Morgan fingerprint density at radius 1 is 1.41 bits per heavy atom. The number of hydrogen-bond acceptors (Lipinski definition) is 3. The lowest BCUT2D eigenvalue weighted by molar-refractivity contribution is -0.144. The quantitative estimate of drug-likeness (QED) is 0.852. The van der Waals surface area contributed by atoms with E-state index >= 15 is 0 Å². The minimum Gasteiger partial charge on any atom is -0.479 e. The summed E-state index contributed by atoms with van der Waals surface area (Å²) in [5.74, 6) is -0.523. The molecule has 4 nitrogen and oxygen atoms in total. The maximum Gasteiger partial charge on any atom is 0.344 e. The molecule has 1 aromatic carbocycles. The van der Waals surface area contributed by atoms with E-state index in [0.29, 0.717) is 16.4 Å². The number of nitrogens with zero attached hydrogens (tertiary/aromatic N) is 1. The summed E-state index contributed by atoms with van der Waals surface area (Å²) < 4.78 is 5.35. The van der Waals surface area contributed by atoms with Crippen LogP contribution < -0.4 is 4.74 Å². The zero-order chi connectivity index (χ0) is 12.4. The zero-order valence-corrected chi connectivity index (χ0v) is 9.81. The summed E-state index contributed by atoms with van der Waals surface area (Å²) in [5.41, 5.74) is 0.674. The molecule has 2 rings (SSSR count). The molecular formula is C12H10ClNO3. The summed E-state index contributed by atoms with van der Waals surface area (Å²) in [6.45, 7) is 1.48. The number of halogens is 1. The van der Waals surface area contributed by atoms with E-state index in [2.05, 4.69) is 4.98 Å². The van der Waals surface area contributed by atoms with Crippen LogP contribution in [0.2, 0.25) is 5.15 Å². The van der Waals surface area contributed by atoms with Crippen LogP contribution in [0, 0.1) is 0 Å². The number of ether oxygens (including phenoxy) is 1. The molecule has 0 aliphatic rings. The third-order valence-corrected chi connectivity index (χ3v) is 2.52. The molecule has 0 aliphatic carbocycles. The molecule has 0 unspecified atom stereocenters. The number of pyridine rings is 1. The molecule has 1 N–H and O–H groups in total. The Kier molecular flexibility index (Phi) is 3.15. The van der Waals surface area contributed by atoms with E-state index in [0.717, 1.165) is 5.39 Å². The first-order valence-electron chi connectivity index (χ1n) is 5.02. The van der Waals surface area contributed by atoms with Gasteiger partial charge in [-0.05, 0) is 31.2 Å². The fourth-order valence-corrected chi connectivity index (χ4v) is 1.60. The molecule has 1 aromatic heterocycles. The SMILES string of the molecule is C[C@H](Oc1cccc2nc(Cl)ccc12)C(=O)O. The highest BCUT2D eigenvalue weighted by Crippen LogP contribution is 2.26. The molecule has 0 saturated heterocycles. The predicted octanol–water partition coefficient (Wildman–Crippen LogP) is 2.74. The number of hydrogen-bond donors (Lipinski definition) is 1. The number of rotatable bonds is 3. The summed E-state index contributed by atoms with van der Waals surface area (Å²) in [6.07, 6.45) is -0.906. The lowest BCUT2D eigenvalue weighted by Gasteiger charge is -2.12. The molecule has 1 heterocycles. The minimum absolute atomic E-state index is 0.390. The lowest BCUT2D eigenvalue weighted by atomic mass is 10.2. The van der Waals surface area contributed by atoms with Gasteiger partial charge >= 0.3 is 5.97 Å². The Morgan fingerprint density at radius 2 is 2.18 bits per heavy atom. The van der Waals surface area contributed by atoms with Crippen LogP contribution in [-0.2, 0) is 4.79 Å². The van der Waals surface area contributed by atoms with Crippen molar-refractivity contribution in [2.45, 2.75) is 13.0 Å². The standard InChI is InChI=1S/C12H10ClNO3/c1-7(12(15)16)17-10-4-2-3-9-8(10)5-6-11(13)14-9/h2-7H,1H3,(H,15,16)/t7-/m0/s1. The van der Waals surface area contributed by atoms with Crippen molar-refractivity contribution >= 4 is 28.5 Å². The molecule has 0 amide bonds. The molecular weight excluding hydrogens is 242 g/mol. The topological polar surface area (TPSA) is 59.4 Å². The van der Waals surface area contributed by atoms with Gasteiger partial charge in [-0.2, -0.15) is 0 Å². The van der Waals surface area contributed by atoms with Crippen molar-refractivity contribution in [2.75, 3.05) is 0 Å². The highest BCUT2D eigenvalue weighted by molar-refractivity contribution is 6.29. The van der Waals surface area contributed by atoms with Gasteiger partial charge in [-0.25, -0.2) is 9.78 Å². The monoisotopic (exact) mass is 251 g/mol. The molecule has 0 radical (unpaired) electrons. The zero-order valence-electron chi connectivity index (χ0n) is 9.05. The Bertz CT molecular complexity index is 571. The summed E-state index contributed by atoms with van der Waals surface area (Å²) in [5, 5.41) is 9.93. The first kappa shape index (κ1) is 11.7. The predicted molar refractivity (Wildman–Crippen MR) is 64.5 cm³/mol. The molecule has 0 fully saturated rings. The van der Waals surface area contributed by atoms with Crippen molar-refractivity contribution in [3.8, 4) is 5.75 Å². The highest BCUT2D eigenvalue weighted by atomic mass is 35.5. The highest BCUT2D eigenvalue weighted by Gasteiger charge is 2.14. The van der Waals surface area contributed by atoms with E-state index in [1.807, 2.05) is 0 Å². The van der Waals surface area contributed by atoms with Crippen molar-refractivity contribution in [1.29, 1.82) is 0 Å². The van der Waals surface area contributed by atoms with Crippen LogP contribution in [0.5, 0.6) is 5.75 Å². The van der Waals surface area contributed by atoms with Crippen LogP contribution in [-0.4, -0.2) is 22.2 Å². The maximum absolute atomic E-state index is 10.7. The molecule has 88 valence electrons. The molecule has 2 aromatic rings. The fourth-order valence-electron chi connectivity index (χ4n) is 1.45. The summed E-state index contributed by atoms with van der Waals surface area (Å²) in [4.78, 5) is 14.9. The first-order chi connectivity index (χ1) is 8.08. The van der Waals surface area contributed by atoms with Crippen LogP contribution in [0.15, 0.2) is 30.3 Å². The second-order valence-electron chi connectivity index (χ2n) is 3.56.